The molecule has 0 spiro atoms. The van der Waals surface area contributed by atoms with Crippen LogP contribution < -0.4 is 16.6 Å². The quantitative estimate of drug-likeness (QED) is 0.560. The summed E-state index contributed by atoms with van der Waals surface area (Å²) in [6.07, 6.45) is 3.25. The third-order valence-electron chi connectivity index (χ3n) is 2.76. The van der Waals surface area contributed by atoms with E-state index < -0.39 is 0 Å². The monoisotopic (exact) mass is 355 g/mol. The molecule has 0 atom stereocenters. The number of rotatable bonds is 5. The summed E-state index contributed by atoms with van der Waals surface area (Å²) in [5.41, 5.74) is 4.40. The van der Waals surface area contributed by atoms with Crippen LogP contribution in [-0.4, -0.2) is 9.97 Å². The Balaban J connectivity index is 2.39. The molecule has 0 aliphatic carbocycles. The Kier molecular flexibility index (Phi) is 5.17. The highest BCUT2D eigenvalue weighted by molar-refractivity contribution is 9.10. The number of anilines is 3. The molecule has 0 amide bonds. The Bertz CT molecular complexity index is 605. The van der Waals surface area contributed by atoms with Crippen molar-refractivity contribution in [3.63, 3.8) is 0 Å². The molecule has 0 unspecified atom stereocenters. The van der Waals surface area contributed by atoms with Crippen molar-refractivity contribution in [2.45, 2.75) is 19.8 Å². The van der Waals surface area contributed by atoms with Gasteiger partial charge < -0.3 is 10.7 Å². The van der Waals surface area contributed by atoms with E-state index in [-0.39, 0.29) is 0 Å². The first-order valence-electron chi connectivity index (χ1n) is 6.18. The zero-order valence-electron chi connectivity index (χ0n) is 11.0. The van der Waals surface area contributed by atoms with Crippen molar-refractivity contribution in [3.05, 3.63) is 39.6 Å². The van der Waals surface area contributed by atoms with E-state index in [2.05, 4.69) is 43.6 Å². The fraction of sp³-hybridized carbons (Fsp3) is 0.231. The van der Waals surface area contributed by atoms with Gasteiger partial charge in [-0.2, -0.15) is 0 Å². The SMILES string of the molecule is CCCc1c(NN)ncnc1Nc1cc(Cl)ccc1Br. The number of nitrogens with two attached hydrogens (primary N) is 1. The summed E-state index contributed by atoms with van der Waals surface area (Å²) in [6.45, 7) is 2.09. The second kappa shape index (κ2) is 6.88. The molecule has 0 saturated heterocycles. The van der Waals surface area contributed by atoms with Crippen LogP contribution in [0.25, 0.3) is 0 Å². The van der Waals surface area contributed by atoms with E-state index in [1.807, 2.05) is 18.2 Å². The van der Waals surface area contributed by atoms with Gasteiger partial charge in [0.2, 0.25) is 0 Å². The molecule has 0 aliphatic rings. The molecule has 0 bridgehead atoms. The second-order valence-electron chi connectivity index (χ2n) is 4.19. The van der Waals surface area contributed by atoms with Gasteiger partial charge in [-0.3, -0.25) is 0 Å². The first kappa shape index (κ1) is 15.0. The van der Waals surface area contributed by atoms with Gasteiger partial charge in [0, 0.05) is 15.1 Å². The lowest BCUT2D eigenvalue weighted by molar-refractivity contribution is 0.903. The second-order valence-corrected chi connectivity index (χ2v) is 5.48. The summed E-state index contributed by atoms with van der Waals surface area (Å²) in [7, 11) is 0. The van der Waals surface area contributed by atoms with Crippen LogP contribution in [0.1, 0.15) is 18.9 Å². The van der Waals surface area contributed by atoms with Crippen molar-refractivity contribution < 1.29 is 0 Å². The summed E-state index contributed by atoms with van der Waals surface area (Å²) in [5.74, 6) is 6.85. The zero-order valence-corrected chi connectivity index (χ0v) is 13.3. The number of aromatic nitrogens is 2. The van der Waals surface area contributed by atoms with Crippen molar-refractivity contribution in [2.24, 2.45) is 5.84 Å². The van der Waals surface area contributed by atoms with Gasteiger partial charge in [0.15, 0.2) is 0 Å². The lowest BCUT2D eigenvalue weighted by Gasteiger charge is -2.14. The maximum Gasteiger partial charge on any atom is 0.148 e. The fourth-order valence-electron chi connectivity index (χ4n) is 1.85. The zero-order chi connectivity index (χ0) is 14.5. The predicted octanol–water partition coefficient (Wildman–Crippen LogP) is 3.87. The molecular formula is C13H15BrClN5. The lowest BCUT2D eigenvalue weighted by Crippen LogP contribution is -2.13. The molecule has 7 heteroatoms. The molecule has 0 saturated carbocycles. The molecule has 106 valence electrons. The van der Waals surface area contributed by atoms with E-state index in [9.17, 15) is 0 Å². The molecule has 0 radical (unpaired) electrons. The Morgan fingerprint density at radius 3 is 2.75 bits per heavy atom. The number of halogens is 2. The van der Waals surface area contributed by atoms with Crippen molar-refractivity contribution in [1.82, 2.24) is 9.97 Å². The number of benzene rings is 1. The number of hydrogen-bond donors (Lipinski definition) is 3. The predicted molar refractivity (Wildman–Crippen MR) is 86.3 cm³/mol. The summed E-state index contributed by atoms with van der Waals surface area (Å²) >= 11 is 9.50. The Hall–Kier alpha value is -1.37. The molecule has 4 N–H and O–H groups in total. The van der Waals surface area contributed by atoms with Crippen LogP contribution in [0, 0.1) is 0 Å². The standard InChI is InChI=1S/C13H15BrClN5/c1-2-3-9-12(17-7-18-13(9)20-16)19-11-6-8(15)4-5-10(11)14/h4-7H,2-3,16H2,1H3,(H2,17,18,19,20). The number of hydrazine groups is 1. The van der Waals surface area contributed by atoms with Crippen molar-refractivity contribution in [3.8, 4) is 0 Å². The van der Waals surface area contributed by atoms with Gasteiger partial charge in [0.1, 0.15) is 18.0 Å². The third-order valence-corrected chi connectivity index (χ3v) is 3.69. The Labute approximate surface area is 131 Å². The number of nitrogen functional groups attached to an aromatic ring is 1. The van der Waals surface area contributed by atoms with E-state index in [1.54, 1.807) is 0 Å². The molecule has 2 rings (SSSR count). The number of nitrogens with one attached hydrogen (secondary N) is 2. The van der Waals surface area contributed by atoms with E-state index in [0.29, 0.717) is 10.8 Å². The molecule has 1 aromatic heterocycles. The highest BCUT2D eigenvalue weighted by Gasteiger charge is 2.11. The first-order chi connectivity index (χ1) is 9.65. The Morgan fingerprint density at radius 2 is 2.05 bits per heavy atom. The number of hydrogen-bond acceptors (Lipinski definition) is 5. The van der Waals surface area contributed by atoms with Gasteiger partial charge in [0.05, 0.1) is 5.69 Å². The van der Waals surface area contributed by atoms with Crippen LogP contribution in [-0.2, 0) is 6.42 Å². The van der Waals surface area contributed by atoms with E-state index in [4.69, 9.17) is 17.4 Å². The average Bonchev–Trinajstić information content (AvgIpc) is 2.45. The van der Waals surface area contributed by atoms with Crippen LogP contribution in [0.15, 0.2) is 29.0 Å². The summed E-state index contributed by atoms with van der Waals surface area (Å²) < 4.78 is 0.908. The van der Waals surface area contributed by atoms with Gasteiger partial charge >= 0.3 is 0 Å². The van der Waals surface area contributed by atoms with Crippen LogP contribution in [0.5, 0.6) is 0 Å². The van der Waals surface area contributed by atoms with Crippen molar-refractivity contribution in [2.75, 3.05) is 10.7 Å². The topological polar surface area (TPSA) is 75.9 Å². The molecule has 0 aliphatic heterocycles. The van der Waals surface area contributed by atoms with E-state index in [0.717, 1.165) is 34.4 Å². The van der Waals surface area contributed by atoms with Crippen LogP contribution in [0.4, 0.5) is 17.3 Å². The molecule has 5 nitrogen and oxygen atoms in total. The normalized spacial score (nSPS) is 10.4. The maximum atomic E-state index is 6.02. The van der Waals surface area contributed by atoms with Gasteiger partial charge in [-0.1, -0.05) is 24.9 Å². The minimum Gasteiger partial charge on any atom is -0.339 e. The fourth-order valence-corrected chi connectivity index (χ4v) is 2.37. The van der Waals surface area contributed by atoms with Crippen LogP contribution in [0.3, 0.4) is 0 Å². The highest BCUT2D eigenvalue weighted by Crippen LogP contribution is 2.30. The summed E-state index contributed by atoms with van der Waals surface area (Å²) in [4.78, 5) is 8.42. The first-order valence-corrected chi connectivity index (χ1v) is 7.35. The minimum atomic E-state index is 0.627. The molecule has 20 heavy (non-hydrogen) atoms. The van der Waals surface area contributed by atoms with Crippen molar-refractivity contribution in [1.29, 1.82) is 0 Å². The molecule has 1 heterocycles. The minimum absolute atomic E-state index is 0.627. The highest BCUT2D eigenvalue weighted by atomic mass is 79.9. The lowest BCUT2D eigenvalue weighted by atomic mass is 10.1. The Morgan fingerprint density at radius 1 is 1.30 bits per heavy atom. The van der Waals surface area contributed by atoms with Gasteiger partial charge in [0.25, 0.3) is 0 Å². The van der Waals surface area contributed by atoms with Gasteiger partial charge in [-0.15, -0.1) is 0 Å². The summed E-state index contributed by atoms with van der Waals surface area (Å²) in [5, 5.41) is 3.91. The largest absolute Gasteiger partial charge is 0.339 e. The van der Waals surface area contributed by atoms with Crippen LogP contribution in [0.2, 0.25) is 5.02 Å². The van der Waals surface area contributed by atoms with E-state index >= 15 is 0 Å². The molecular weight excluding hydrogens is 342 g/mol. The van der Waals surface area contributed by atoms with Gasteiger partial charge in [-0.25, -0.2) is 15.8 Å². The maximum absolute atomic E-state index is 6.02. The van der Waals surface area contributed by atoms with E-state index in [1.165, 1.54) is 6.33 Å². The summed E-state index contributed by atoms with van der Waals surface area (Å²) in [6, 6.07) is 5.53. The molecule has 2 aromatic rings. The smallest absolute Gasteiger partial charge is 0.148 e. The molecule has 0 fully saturated rings. The third kappa shape index (κ3) is 3.39. The van der Waals surface area contributed by atoms with Gasteiger partial charge in [-0.05, 0) is 40.5 Å². The average molecular weight is 357 g/mol. The number of nitrogens with zero attached hydrogens (tertiary/aromatic N) is 2. The molecule has 1 aromatic carbocycles. The van der Waals surface area contributed by atoms with Crippen LogP contribution >= 0.6 is 27.5 Å². The van der Waals surface area contributed by atoms with Crippen molar-refractivity contribution >= 4 is 44.9 Å².